The Balaban J connectivity index is 1.33. The molecule has 0 aliphatic heterocycles. The molecule has 224 valence electrons. The molecule has 0 aromatic heterocycles. The zero-order valence-electron chi connectivity index (χ0n) is 25.2. The van der Waals surface area contributed by atoms with Crippen LogP contribution in [0.3, 0.4) is 0 Å². The fraction of sp³-hybridized carbons (Fsp3) is 0.389. The molecule has 0 saturated carbocycles. The van der Waals surface area contributed by atoms with Crippen molar-refractivity contribution < 1.29 is 28.7 Å². The first-order valence-electron chi connectivity index (χ1n) is 15.0. The third-order valence-corrected chi connectivity index (χ3v) is 8.77. The van der Waals surface area contributed by atoms with Crippen molar-refractivity contribution in [3.05, 3.63) is 94.0 Å². The van der Waals surface area contributed by atoms with Crippen molar-refractivity contribution in [3.63, 3.8) is 0 Å². The van der Waals surface area contributed by atoms with Crippen LogP contribution in [0.15, 0.2) is 65.8 Å². The fourth-order valence-corrected chi connectivity index (χ4v) is 6.44. The predicted octanol–water partition coefficient (Wildman–Crippen LogP) is 6.67. The Morgan fingerprint density at radius 3 is 2.26 bits per heavy atom. The molecule has 0 heterocycles. The summed E-state index contributed by atoms with van der Waals surface area (Å²) >= 11 is 0. The molecule has 0 unspecified atom stereocenters. The SMILES string of the molecule is COCCC1(CCOC)c2cc(C(C)=O)ccc2-c2cc3c(cc21)C/C(=N/OC(=O)CCCCCc1ccccc1)C3=O. The van der Waals surface area contributed by atoms with Crippen LogP contribution in [-0.2, 0) is 37.4 Å². The second kappa shape index (κ2) is 13.6. The molecule has 43 heavy (non-hydrogen) atoms. The van der Waals surface area contributed by atoms with Crippen LogP contribution in [0, 0.1) is 0 Å². The van der Waals surface area contributed by atoms with Crippen molar-refractivity contribution >= 4 is 23.2 Å². The first-order chi connectivity index (χ1) is 20.9. The van der Waals surface area contributed by atoms with Gasteiger partial charge in [-0.15, -0.1) is 0 Å². The van der Waals surface area contributed by atoms with E-state index in [2.05, 4.69) is 23.4 Å². The fourth-order valence-electron chi connectivity index (χ4n) is 6.44. The number of hydrogen-bond donors (Lipinski definition) is 0. The van der Waals surface area contributed by atoms with E-state index in [0.717, 1.165) is 47.1 Å². The van der Waals surface area contributed by atoms with Crippen LogP contribution in [0.4, 0.5) is 0 Å². The number of oxime groups is 1. The van der Waals surface area contributed by atoms with Crippen molar-refractivity contribution in [2.75, 3.05) is 27.4 Å². The van der Waals surface area contributed by atoms with Crippen molar-refractivity contribution in [3.8, 4) is 11.1 Å². The number of ether oxygens (including phenoxy) is 2. The molecule has 3 aromatic rings. The van der Waals surface area contributed by atoms with Gasteiger partial charge < -0.3 is 14.3 Å². The summed E-state index contributed by atoms with van der Waals surface area (Å²) in [5, 5.41) is 4.02. The third kappa shape index (κ3) is 6.38. The minimum Gasteiger partial charge on any atom is -0.385 e. The largest absolute Gasteiger partial charge is 0.385 e. The maximum absolute atomic E-state index is 13.4. The van der Waals surface area contributed by atoms with Crippen molar-refractivity contribution in [2.24, 2.45) is 5.16 Å². The summed E-state index contributed by atoms with van der Waals surface area (Å²) in [6.45, 7) is 2.62. The van der Waals surface area contributed by atoms with Gasteiger partial charge in [0, 0.05) is 56.8 Å². The van der Waals surface area contributed by atoms with Crippen LogP contribution in [0.5, 0.6) is 0 Å². The Morgan fingerprint density at radius 2 is 1.56 bits per heavy atom. The van der Waals surface area contributed by atoms with E-state index in [-0.39, 0.29) is 23.7 Å². The number of nitrogens with zero attached hydrogens (tertiary/aromatic N) is 1. The topological polar surface area (TPSA) is 91.3 Å². The second-order valence-corrected chi connectivity index (χ2v) is 11.5. The maximum atomic E-state index is 13.4. The minimum absolute atomic E-state index is 0.00592. The van der Waals surface area contributed by atoms with Crippen molar-refractivity contribution in [2.45, 2.75) is 63.7 Å². The molecule has 7 nitrogen and oxygen atoms in total. The lowest BCUT2D eigenvalue weighted by Crippen LogP contribution is -2.29. The monoisotopic (exact) mass is 581 g/mol. The number of unbranched alkanes of at least 4 members (excludes halogenated alkanes) is 2. The number of carbonyl (C=O) groups excluding carboxylic acids is 3. The summed E-state index contributed by atoms with van der Waals surface area (Å²) in [6, 6.07) is 20.1. The van der Waals surface area contributed by atoms with Crippen LogP contribution in [-0.4, -0.2) is 50.7 Å². The summed E-state index contributed by atoms with van der Waals surface area (Å²) in [7, 11) is 3.37. The summed E-state index contributed by atoms with van der Waals surface area (Å²) in [4.78, 5) is 43.3. The number of aryl methyl sites for hydroxylation is 1. The molecule has 0 spiro atoms. The van der Waals surface area contributed by atoms with Gasteiger partial charge in [0.2, 0.25) is 5.78 Å². The molecule has 7 heteroatoms. The van der Waals surface area contributed by atoms with E-state index in [1.54, 1.807) is 21.1 Å². The van der Waals surface area contributed by atoms with Crippen LogP contribution in [0.25, 0.3) is 11.1 Å². The van der Waals surface area contributed by atoms with Gasteiger partial charge in [0.05, 0.1) is 0 Å². The van der Waals surface area contributed by atoms with Gasteiger partial charge in [-0.3, -0.25) is 9.59 Å². The number of carbonyl (C=O) groups is 3. The Kier molecular flexibility index (Phi) is 9.63. The highest BCUT2D eigenvalue weighted by Crippen LogP contribution is 2.54. The molecule has 0 N–H and O–H groups in total. The van der Waals surface area contributed by atoms with Crippen LogP contribution in [0.2, 0.25) is 0 Å². The standard InChI is InChI=1S/C36H39NO6/c1-24(38)26-14-15-28-30-23-29-27(21-32(30)36(16-18-41-2,17-19-42-3)31(28)20-26)22-33(35(29)40)37-43-34(39)13-9-5-8-12-25-10-6-4-7-11-25/h4,6-7,10-11,14-15,20-21,23H,5,8-9,12-13,16-19,22H2,1-3H3/b37-33-. The van der Waals surface area contributed by atoms with Crippen LogP contribution >= 0.6 is 0 Å². The zero-order chi connectivity index (χ0) is 30.4. The molecular weight excluding hydrogens is 542 g/mol. The lowest BCUT2D eigenvalue weighted by atomic mass is 9.72. The lowest BCUT2D eigenvalue weighted by molar-refractivity contribution is -0.143. The first-order valence-corrected chi connectivity index (χ1v) is 15.0. The Labute approximate surface area is 253 Å². The van der Waals surface area contributed by atoms with Gasteiger partial charge in [-0.1, -0.05) is 60.1 Å². The normalized spacial score (nSPS) is 15.3. The molecule has 0 saturated heterocycles. The number of benzene rings is 3. The Bertz CT molecular complexity index is 1530. The van der Waals surface area contributed by atoms with Gasteiger partial charge in [0.1, 0.15) is 5.71 Å². The molecule has 0 amide bonds. The van der Waals surface area contributed by atoms with E-state index in [0.29, 0.717) is 50.0 Å². The number of methoxy groups -OCH3 is 2. The smallest absolute Gasteiger partial charge is 0.335 e. The molecule has 2 aliphatic carbocycles. The highest BCUT2D eigenvalue weighted by molar-refractivity contribution is 6.49. The van der Waals surface area contributed by atoms with E-state index < -0.39 is 11.4 Å². The molecular formula is C36H39NO6. The van der Waals surface area contributed by atoms with Crippen molar-refractivity contribution in [1.29, 1.82) is 0 Å². The number of ketones is 2. The summed E-state index contributed by atoms with van der Waals surface area (Å²) in [5.41, 5.74) is 7.32. The molecule has 0 radical (unpaired) electrons. The van der Waals surface area contributed by atoms with E-state index in [4.69, 9.17) is 14.3 Å². The Morgan fingerprint density at radius 1 is 0.837 bits per heavy atom. The van der Waals surface area contributed by atoms with Gasteiger partial charge in [0.25, 0.3) is 0 Å². The molecule has 5 rings (SSSR count). The molecule has 2 aliphatic rings. The molecule has 0 bridgehead atoms. The number of rotatable bonds is 14. The summed E-state index contributed by atoms with van der Waals surface area (Å²) in [5.74, 6) is -0.639. The predicted molar refractivity (Wildman–Crippen MR) is 166 cm³/mol. The van der Waals surface area contributed by atoms with Crippen LogP contribution in [0.1, 0.15) is 88.4 Å². The zero-order valence-corrected chi connectivity index (χ0v) is 25.2. The van der Waals surface area contributed by atoms with Gasteiger partial charge in [-0.25, -0.2) is 4.79 Å². The highest BCUT2D eigenvalue weighted by Gasteiger charge is 2.44. The average Bonchev–Trinajstić information content (AvgIpc) is 3.47. The highest BCUT2D eigenvalue weighted by atomic mass is 16.7. The van der Waals surface area contributed by atoms with E-state index >= 15 is 0 Å². The number of fused-ring (bicyclic) bond motifs is 4. The first kappa shape index (κ1) is 30.5. The van der Waals surface area contributed by atoms with E-state index in [1.807, 2.05) is 42.5 Å². The second-order valence-electron chi connectivity index (χ2n) is 11.5. The van der Waals surface area contributed by atoms with E-state index in [1.165, 1.54) is 5.56 Å². The molecule has 3 aromatic carbocycles. The number of hydrogen-bond acceptors (Lipinski definition) is 7. The lowest BCUT2D eigenvalue weighted by Gasteiger charge is -2.32. The van der Waals surface area contributed by atoms with Crippen molar-refractivity contribution in [1.82, 2.24) is 0 Å². The molecule has 0 atom stereocenters. The molecule has 0 fully saturated rings. The van der Waals surface area contributed by atoms with Crippen LogP contribution < -0.4 is 0 Å². The van der Waals surface area contributed by atoms with Gasteiger partial charge in [0.15, 0.2) is 5.78 Å². The summed E-state index contributed by atoms with van der Waals surface area (Å²) in [6.07, 6.45) is 5.57. The maximum Gasteiger partial charge on any atom is 0.335 e. The van der Waals surface area contributed by atoms with Gasteiger partial charge >= 0.3 is 5.97 Å². The third-order valence-electron chi connectivity index (χ3n) is 8.77. The van der Waals surface area contributed by atoms with E-state index in [9.17, 15) is 14.4 Å². The number of Topliss-reactive ketones (excluding diaryl/α,β-unsaturated/α-hetero) is 2. The average molecular weight is 582 g/mol. The van der Waals surface area contributed by atoms with Gasteiger partial charge in [-0.2, -0.15) is 0 Å². The quantitative estimate of drug-likeness (QED) is 0.0914. The summed E-state index contributed by atoms with van der Waals surface area (Å²) < 4.78 is 11.1. The van der Waals surface area contributed by atoms with Gasteiger partial charge in [-0.05, 0) is 84.5 Å². The minimum atomic E-state index is -0.437. The Hall–Kier alpha value is -3.94.